The highest BCUT2D eigenvalue weighted by Crippen LogP contribution is 2.59. The van der Waals surface area contributed by atoms with E-state index in [1.807, 2.05) is 0 Å². The van der Waals surface area contributed by atoms with Crippen LogP contribution in [0.1, 0.15) is 55.0 Å². The fourth-order valence-electron chi connectivity index (χ4n) is 5.46. The van der Waals surface area contributed by atoms with E-state index in [2.05, 4.69) is 19.1 Å². The highest BCUT2D eigenvalue weighted by atomic mass is 14.7. The van der Waals surface area contributed by atoms with E-state index in [-0.39, 0.29) is 0 Å². The first kappa shape index (κ1) is 11.9. The van der Waals surface area contributed by atoms with E-state index in [0.29, 0.717) is 6.54 Å². The molecular formula is C17H24N2. The van der Waals surface area contributed by atoms with Gasteiger partial charge in [-0.1, -0.05) is 0 Å². The molecule has 0 amide bonds. The molecule has 0 unspecified atom stereocenters. The summed E-state index contributed by atoms with van der Waals surface area (Å²) in [4.78, 5) is 4.87. The zero-order valence-electron chi connectivity index (χ0n) is 11.8. The topological polar surface area (TPSA) is 38.9 Å². The van der Waals surface area contributed by atoms with Crippen LogP contribution in [-0.4, -0.2) is 4.98 Å². The molecule has 1 aromatic rings. The van der Waals surface area contributed by atoms with E-state index < -0.39 is 0 Å². The Bertz CT molecular complexity index is 466. The van der Waals surface area contributed by atoms with Gasteiger partial charge in [0.25, 0.3) is 0 Å². The quantitative estimate of drug-likeness (QED) is 0.881. The van der Waals surface area contributed by atoms with Gasteiger partial charge in [0, 0.05) is 23.9 Å². The maximum absolute atomic E-state index is 5.83. The van der Waals surface area contributed by atoms with Crippen molar-refractivity contribution in [1.29, 1.82) is 0 Å². The number of nitrogens with two attached hydrogens (primary N) is 1. The van der Waals surface area contributed by atoms with Gasteiger partial charge in [0.05, 0.1) is 0 Å². The first-order valence-electron chi connectivity index (χ1n) is 7.90. The van der Waals surface area contributed by atoms with Crippen molar-refractivity contribution >= 4 is 0 Å². The first-order valence-corrected chi connectivity index (χ1v) is 7.90. The van der Waals surface area contributed by atoms with Crippen LogP contribution in [0.25, 0.3) is 0 Å². The molecule has 1 heterocycles. The number of aryl methyl sites for hydroxylation is 1. The normalized spacial score (nSPS) is 39.8. The Labute approximate surface area is 115 Å². The zero-order chi connectivity index (χ0) is 13.0. The number of hydrogen-bond donors (Lipinski definition) is 1. The van der Waals surface area contributed by atoms with Crippen LogP contribution < -0.4 is 5.73 Å². The predicted molar refractivity (Wildman–Crippen MR) is 76.7 cm³/mol. The number of hydrogen-bond acceptors (Lipinski definition) is 2. The van der Waals surface area contributed by atoms with Gasteiger partial charge in [0.1, 0.15) is 0 Å². The molecule has 4 aliphatic carbocycles. The molecule has 2 heteroatoms. The summed E-state index contributed by atoms with van der Waals surface area (Å²) in [5.74, 6) is 4.64. The van der Waals surface area contributed by atoms with Crippen molar-refractivity contribution < 1.29 is 0 Å². The molecule has 4 aliphatic rings. The Morgan fingerprint density at radius 2 is 1.68 bits per heavy atom. The maximum atomic E-state index is 5.83. The van der Waals surface area contributed by atoms with Crippen molar-refractivity contribution in [2.75, 3.05) is 0 Å². The van der Waals surface area contributed by atoms with Gasteiger partial charge in [0.15, 0.2) is 0 Å². The Kier molecular flexibility index (Phi) is 2.70. The Balaban J connectivity index is 1.70. The third-order valence-corrected chi connectivity index (χ3v) is 5.84. The fourth-order valence-corrected chi connectivity index (χ4v) is 5.46. The summed E-state index contributed by atoms with van der Waals surface area (Å²) in [6.45, 7) is 2.75. The Morgan fingerprint density at radius 1 is 1.05 bits per heavy atom. The van der Waals surface area contributed by atoms with Gasteiger partial charge in [-0.15, -0.1) is 0 Å². The average Bonchev–Trinajstić information content (AvgIpc) is 2.36. The number of pyridine rings is 1. The number of nitrogens with zero attached hydrogens (tertiary/aromatic N) is 1. The van der Waals surface area contributed by atoms with Crippen molar-refractivity contribution in [2.24, 2.45) is 29.4 Å². The monoisotopic (exact) mass is 256 g/mol. The SMILES string of the molecule is Cc1cc(CN)cc(C2C3CC4CC(C3)CC2C4)n1. The molecule has 0 saturated heterocycles. The molecule has 4 saturated carbocycles. The molecule has 5 rings (SSSR count). The van der Waals surface area contributed by atoms with Gasteiger partial charge in [-0.2, -0.15) is 0 Å². The zero-order valence-corrected chi connectivity index (χ0v) is 11.8. The molecule has 0 radical (unpaired) electrons. The third kappa shape index (κ3) is 1.92. The molecule has 2 nitrogen and oxygen atoms in total. The van der Waals surface area contributed by atoms with Gasteiger partial charge in [-0.05, 0) is 80.4 Å². The molecule has 4 bridgehead atoms. The minimum Gasteiger partial charge on any atom is -0.326 e. The van der Waals surface area contributed by atoms with Gasteiger partial charge in [-0.3, -0.25) is 4.98 Å². The molecule has 2 N–H and O–H groups in total. The number of aromatic nitrogens is 1. The van der Waals surface area contributed by atoms with Crippen LogP contribution in [-0.2, 0) is 6.54 Å². The molecular weight excluding hydrogens is 232 g/mol. The molecule has 0 atom stereocenters. The van der Waals surface area contributed by atoms with Gasteiger partial charge >= 0.3 is 0 Å². The summed E-state index contributed by atoms with van der Waals surface area (Å²) in [5.41, 5.74) is 9.60. The highest BCUT2D eigenvalue weighted by Gasteiger charge is 2.49. The van der Waals surface area contributed by atoms with Crippen LogP contribution in [0.3, 0.4) is 0 Å². The van der Waals surface area contributed by atoms with Crippen molar-refractivity contribution in [2.45, 2.75) is 51.5 Å². The van der Waals surface area contributed by atoms with E-state index in [1.54, 1.807) is 0 Å². The maximum Gasteiger partial charge on any atom is 0.0446 e. The second kappa shape index (κ2) is 4.31. The standard InChI is InChI=1S/C17H24N2/c1-10-2-13(9-18)8-16(19-10)17-14-4-11-3-12(6-14)7-15(17)5-11/h2,8,11-12,14-15,17H,3-7,9,18H2,1H3. The lowest BCUT2D eigenvalue weighted by atomic mass is 9.51. The molecule has 0 aliphatic heterocycles. The lowest BCUT2D eigenvalue weighted by molar-refractivity contribution is -0.00420. The summed E-state index contributed by atoms with van der Waals surface area (Å²) in [7, 11) is 0. The van der Waals surface area contributed by atoms with Crippen LogP contribution in [0, 0.1) is 30.6 Å². The third-order valence-electron chi connectivity index (χ3n) is 5.84. The Morgan fingerprint density at radius 3 is 2.26 bits per heavy atom. The lowest BCUT2D eigenvalue weighted by Gasteiger charge is -2.54. The van der Waals surface area contributed by atoms with E-state index in [9.17, 15) is 0 Å². The van der Waals surface area contributed by atoms with Crippen molar-refractivity contribution in [3.8, 4) is 0 Å². The molecule has 102 valence electrons. The first-order chi connectivity index (χ1) is 9.22. The fraction of sp³-hybridized carbons (Fsp3) is 0.706. The van der Waals surface area contributed by atoms with Crippen molar-refractivity contribution in [1.82, 2.24) is 4.98 Å². The lowest BCUT2D eigenvalue weighted by Crippen LogP contribution is -2.44. The average molecular weight is 256 g/mol. The summed E-state index contributed by atoms with van der Waals surface area (Å²) < 4.78 is 0. The highest BCUT2D eigenvalue weighted by molar-refractivity contribution is 5.26. The summed E-state index contributed by atoms with van der Waals surface area (Å²) in [5, 5.41) is 0. The summed E-state index contributed by atoms with van der Waals surface area (Å²) in [6, 6.07) is 4.43. The number of rotatable bonds is 2. The van der Waals surface area contributed by atoms with E-state index in [1.165, 1.54) is 43.4 Å². The molecule has 1 aromatic heterocycles. The second-order valence-electron chi connectivity index (χ2n) is 7.20. The van der Waals surface area contributed by atoms with Crippen LogP contribution in [0.5, 0.6) is 0 Å². The van der Waals surface area contributed by atoms with Crippen LogP contribution >= 0.6 is 0 Å². The second-order valence-corrected chi connectivity index (χ2v) is 7.20. The molecule has 0 spiro atoms. The smallest absolute Gasteiger partial charge is 0.0446 e. The van der Waals surface area contributed by atoms with Crippen molar-refractivity contribution in [3.63, 3.8) is 0 Å². The summed E-state index contributed by atoms with van der Waals surface area (Å²) >= 11 is 0. The Hall–Kier alpha value is -0.890. The van der Waals surface area contributed by atoms with Gasteiger partial charge < -0.3 is 5.73 Å². The minimum atomic E-state index is 0.643. The van der Waals surface area contributed by atoms with E-state index in [0.717, 1.165) is 35.3 Å². The predicted octanol–water partition coefficient (Wildman–Crippen LogP) is 3.39. The van der Waals surface area contributed by atoms with Crippen LogP contribution in [0.2, 0.25) is 0 Å². The van der Waals surface area contributed by atoms with Gasteiger partial charge in [0.2, 0.25) is 0 Å². The van der Waals surface area contributed by atoms with Crippen LogP contribution in [0.4, 0.5) is 0 Å². The minimum absolute atomic E-state index is 0.643. The van der Waals surface area contributed by atoms with Gasteiger partial charge in [-0.25, -0.2) is 0 Å². The molecule has 0 aromatic carbocycles. The van der Waals surface area contributed by atoms with Crippen molar-refractivity contribution in [3.05, 3.63) is 29.1 Å². The molecule has 19 heavy (non-hydrogen) atoms. The van der Waals surface area contributed by atoms with E-state index >= 15 is 0 Å². The summed E-state index contributed by atoms with van der Waals surface area (Å²) in [6.07, 6.45) is 7.38. The van der Waals surface area contributed by atoms with Crippen LogP contribution in [0.15, 0.2) is 12.1 Å². The molecule has 4 fully saturated rings. The largest absolute Gasteiger partial charge is 0.326 e. The van der Waals surface area contributed by atoms with E-state index in [4.69, 9.17) is 10.7 Å².